The fraction of sp³-hybridized carbons (Fsp3) is 0.632. The molecule has 0 aliphatic heterocycles. The number of hydrogen-bond donors (Lipinski definition) is 0. The molecule has 0 aliphatic rings. The predicted octanol–water partition coefficient (Wildman–Crippen LogP) is 9.16. The smallest absolute Gasteiger partial charge is 0.330 e. The van der Waals surface area contributed by atoms with Crippen molar-refractivity contribution >= 4 is 53.7 Å². The average molecular weight is 1050 g/mol. The normalized spacial score (nSPS) is 13.0. The summed E-state index contributed by atoms with van der Waals surface area (Å²) in [6.07, 6.45) is 17.7. The Bertz CT molecular complexity index is 1840. The molecule has 0 saturated carbocycles. The van der Waals surface area contributed by atoms with Crippen LogP contribution in [0.4, 0.5) is 17.8 Å². The van der Waals surface area contributed by atoms with Crippen LogP contribution in [0.2, 0.25) is 0 Å². The van der Waals surface area contributed by atoms with Gasteiger partial charge >= 0.3 is 35.8 Å². The summed E-state index contributed by atoms with van der Waals surface area (Å²) in [4.78, 5) is 97.9. The molecule has 0 unspecified atom stereocenters. The lowest BCUT2D eigenvalue weighted by Crippen LogP contribution is -2.47. The summed E-state index contributed by atoms with van der Waals surface area (Å²) in [5.41, 5.74) is -4.35. The van der Waals surface area contributed by atoms with Gasteiger partial charge in [-0.05, 0) is 41.5 Å². The lowest BCUT2D eigenvalue weighted by molar-refractivity contribution is -0.141. The van der Waals surface area contributed by atoms with Crippen LogP contribution in [-0.2, 0) is 57.2 Å². The molecule has 0 fully saturated rings. The minimum Gasteiger partial charge on any atom is -0.462 e. The first kappa shape index (κ1) is 66.7. The fourth-order valence-electron chi connectivity index (χ4n) is 7.44. The molecule has 420 valence electrons. The summed E-state index contributed by atoms with van der Waals surface area (Å²) in [7, 11) is 0. The van der Waals surface area contributed by atoms with Gasteiger partial charge in [0.05, 0.1) is 39.6 Å². The van der Waals surface area contributed by atoms with Crippen molar-refractivity contribution in [3.8, 4) is 0 Å². The van der Waals surface area contributed by atoms with E-state index < -0.39 is 68.3 Å². The van der Waals surface area contributed by atoms with E-state index in [4.69, 9.17) is 43.4 Å². The second kappa shape index (κ2) is 30.9. The molecule has 75 heavy (non-hydrogen) atoms. The Morgan fingerprint density at radius 3 is 0.560 bits per heavy atom. The molecule has 1 heterocycles. The molecule has 0 saturated heterocycles. The number of esters is 6. The SMILES string of the molecule is CC=CC(=O)OCC(C)(C)CN(CC(C)(C)COC(=O)C=CC)c1nc(N(CC(C)(C)COC(=O)C=CC)CC(C)(C)COC(=O)C=CC)nc(N(CC(C)(C)COC(=O)C=CC)CC(C)(C)COC(=O)C=CC)n1. The molecule has 0 amide bonds. The average Bonchev–Trinajstić information content (AvgIpc) is 3.30. The molecule has 18 nitrogen and oxygen atoms in total. The van der Waals surface area contributed by atoms with E-state index in [2.05, 4.69) is 0 Å². The van der Waals surface area contributed by atoms with Gasteiger partial charge in [-0.1, -0.05) is 120 Å². The van der Waals surface area contributed by atoms with E-state index in [1.165, 1.54) is 36.5 Å². The van der Waals surface area contributed by atoms with Crippen molar-refractivity contribution in [2.75, 3.05) is 93.6 Å². The second-order valence-corrected chi connectivity index (χ2v) is 23.4. The lowest BCUT2D eigenvalue weighted by atomic mass is 9.90. The van der Waals surface area contributed by atoms with E-state index in [1.54, 1.807) is 78.0 Å². The van der Waals surface area contributed by atoms with Crippen LogP contribution in [0, 0.1) is 32.5 Å². The van der Waals surface area contributed by atoms with E-state index in [9.17, 15) is 28.8 Å². The molecule has 0 spiro atoms. The number of anilines is 3. The highest BCUT2D eigenvalue weighted by atomic mass is 16.6. The van der Waals surface area contributed by atoms with Gasteiger partial charge in [-0.2, -0.15) is 15.0 Å². The number of nitrogens with zero attached hydrogens (tertiary/aromatic N) is 6. The van der Waals surface area contributed by atoms with Gasteiger partial charge in [0.15, 0.2) is 0 Å². The molecular weight excluding hydrogens is 961 g/mol. The van der Waals surface area contributed by atoms with Gasteiger partial charge < -0.3 is 43.1 Å². The molecule has 1 rings (SSSR count). The Morgan fingerprint density at radius 1 is 0.307 bits per heavy atom. The summed E-state index contributed by atoms with van der Waals surface area (Å²) in [5.74, 6) is -2.35. The Labute approximate surface area is 448 Å². The van der Waals surface area contributed by atoms with Crippen molar-refractivity contribution in [2.24, 2.45) is 32.5 Å². The molecule has 0 bridgehead atoms. The number of ether oxygens (including phenoxy) is 6. The van der Waals surface area contributed by atoms with E-state index in [-0.39, 0.29) is 96.8 Å². The van der Waals surface area contributed by atoms with Gasteiger partial charge in [0.1, 0.15) is 0 Å². The zero-order chi connectivity index (χ0) is 57.3. The van der Waals surface area contributed by atoms with Crippen molar-refractivity contribution in [1.82, 2.24) is 15.0 Å². The Balaban J connectivity index is 4.63. The molecule has 1 aromatic rings. The number of carbonyl (C=O) groups is 6. The number of allylic oxidation sites excluding steroid dienone is 6. The Morgan fingerprint density at radius 2 is 0.440 bits per heavy atom. The van der Waals surface area contributed by atoms with Crippen LogP contribution in [0.15, 0.2) is 72.9 Å². The van der Waals surface area contributed by atoms with E-state index in [0.29, 0.717) is 0 Å². The van der Waals surface area contributed by atoms with Crippen LogP contribution < -0.4 is 14.7 Å². The van der Waals surface area contributed by atoms with Crippen LogP contribution in [-0.4, -0.2) is 130 Å². The number of carbonyl (C=O) groups excluding carboxylic acids is 6. The van der Waals surface area contributed by atoms with Gasteiger partial charge in [-0.15, -0.1) is 0 Å². The first-order chi connectivity index (χ1) is 34.7. The summed E-state index contributed by atoms with van der Waals surface area (Å²) >= 11 is 0. The van der Waals surface area contributed by atoms with Gasteiger partial charge in [0.2, 0.25) is 17.8 Å². The largest absolute Gasteiger partial charge is 0.462 e. The van der Waals surface area contributed by atoms with Gasteiger partial charge in [0.25, 0.3) is 0 Å². The molecule has 0 N–H and O–H groups in total. The summed E-state index contributed by atoms with van der Waals surface area (Å²) in [6.45, 7) is 35.3. The maximum Gasteiger partial charge on any atom is 0.330 e. The van der Waals surface area contributed by atoms with E-state index >= 15 is 0 Å². The van der Waals surface area contributed by atoms with Crippen molar-refractivity contribution in [1.29, 1.82) is 0 Å². The van der Waals surface area contributed by atoms with Crippen LogP contribution in [0.3, 0.4) is 0 Å². The molecule has 0 aliphatic carbocycles. The monoisotopic (exact) mass is 1050 g/mol. The highest BCUT2D eigenvalue weighted by Gasteiger charge is 2.37. The second-order valence-electron chi connectivity index (χ2n) is 23.4. The zero-order valence-electron chi connectivity index (χ0n) is 48.5. The van der Waals surface area contributed by atoms with E-state index in [1.807, 2.05) is 97.8 Å². The molecule has 0 atom stereocenters. The molecule has 18 heteroatoms. The summed E-state index contributed by atoms with van der Waals surface area (Å²) < 4.78 is 34.3. The first-order valence-electron chi connectivity index (χ1n) is 25.5. The third-order valence-corrected chi connectivity index (χ3v) is 10.6. The minimum absolute atomic E-state index is 0.0208. The number of aromatic nitrogens is 3. The van der Waals surface area contributed by atoms with E-state index in [0.717, 1.165) is 0 Å². The third kappa shape index (κ3) is 28.2. The summed E-state index contributed by atoms with van der Waals surface area (Å²) in [6, 6.07) is 0. The molecule has 0 radical (unpaired) electrons. The summed E-state index contributed by atoms with van der Waals surface area (Å²) in [5, 5.41) is 0. The predicted molar refractivity (Wildman–Crippen MR) is 294 cm³/mol. The minimum atomic E-state index is -0.726. The number of rotatable bonds is 33. The van der Waals surface area contributed by atoms with Gasteiger partial charge in [-0.3, -0.25) is 0 Å². The quantitative estimate of drug-likeness (QED) is 0.0365. The Hall–Kier alpha value is -6.33. The topological polar surface area (TPSA) is 206 Å². The first-order valence-corrected chi connectivity index (χ1v) is 25.5. The van der Waals surface area contributed by atoms with Crippen LogP contribution in [0.25, 0.3) is 0 Å². The van der Waals surface area contributed by atoms with Gasteiger partial charge in [-0.25, -0.2) is 28.8 Å². The van der Waals surface area contributed by atoms with Gasteiger partial charge in [0, 0.05) is 108 Å². The van der Waals surface area contributed by atoms with Crippen LogP contribution in [0.5, 0.6) is 0 Å². The lowest BCUT2D eigenvalue weighted by Gasteiger charge is -2.40. The molecule has 1 aromatic heterocycles. The van der Waals surface area contributed by atoms with Crippen molar-refractivity contribution in [2.45, 2.75) is 125 Å². The fourth-order valence-corrected chi connectivity index (χ4v) is 7.44. The standard InChI is InChI=1S/C57H90N6O12/c1-19-25-43(64)70-37-52(7,8)31-61(32-53(9,10)38-71-44(65)26-20-2)49-58-50(62(33-54(11,12)39-72-45(66)27-21-3)34-55(13,14)40-73-46(67)28-22-4)60-51(59-49)63(35-56(15,16)41-74-47(68)29-23-5)36-57(17,18)42-75-48(69)30-24-6/h19-30H,31-42H2,1-18H3. The zero-order valence-corrected chi connectivity index (χ0v) is 48.5. The van der Waals surface area contributed by atoms with Crippen LogP contribution in [0.1, 0.15) is 125 Å². The molecular formula is C57H90N6O12. The third-order valence-electron chi connectivity index (χ3n) is 10.6. The molecule has 0 aromatic carbocycles. The highest BCUT2D eigenvalue weighted by Crippen LogP contribution is 2.34. The Kier molecular flexibility index (Phi) is 27.5. The number of hydrogen-bond acceptors (Lipinski definition) is 18. The van der Waals surface area contributed by atoms with Crippen molar-refractivity contribution < 1.29 is 57.2 Å². The van der Waals surface area contributed by atoms with Crippen molar-refractivity contribution in [3.05, 3.63) is 72.9 Å². The highest BCUT2D eigenvalue weighted by molar-refractivity contribution is 5.83. The maximum absolute atomic E-state index is 12.7. The maximum atomic E-state index is 12.7. The van der Waals surface area contributed by atoms with Crippen LogP contribution >= 0.6 is 0 Å². The van der Waals surface area contributed by atoms with Crippen molar-refractivity contribution in [3.63, 3.8) is 0 Å².